The summed E-state index contributed by atoms with van der Waals surface area (Å²) in [6.45, 7) is 2.87. The third-order valence-electron chi connectivity index (χ3n) is 3.14. The van der Waals surface area contributed by atoms with Crippen LogP contribution in [0.5, 0.6) is 0 Å². The molecule has 18 heavy (non-hydrogen) atoms. The Morgan fingerprint density at radius 1 is 1.28 bits per heavy atom. The summed E-state index contributed by atoms with van der Waals surface area (Å²) in [5.41, 5.74) is 4.46. The smallest absolute Gasteiger partial charge is 0.135 e. The molecule has 0 saturated carbocycles. The van der Waals surface area contributed by atoms with Gasteiger partial charge in [-0.3, -0.25) is 0 Å². The van der Waals surface area contributed by atoms with Gasteiger partial charge in [-0.25, -0.2) is 4.98 Å². The van der Waals surface area contributed by atoms with Crippen molar-refractivity contribution < 1.29 is 5.11 Å². The van der Waals surface area contributed by atoms with Crippen LogP contribution in [0.1, 0.15) is 12.7 Å². The second-order valence-electron chi connectivity index (χ2n) is 4.15. The maximum Gasteiger partial charge on any atom is 0.135 e. The van der Waals surface area contributed by atoms with Gasteiger partial charge in [0.25, 0.3) is 0 Å². The Hall–Kier alpha value is -1.65. The van der Waals surface area contributed by atoms with Crippen molar-refractivity contribution in [1.82, 2.24) is 9.55 Å². The van der Waals surface area contributed by atoms with Crippen molar-refractivity contribution in [3.8, 4) is 11.1 Å². The third kappa shape index (κ3) is 1.74. The quantitative estimate of drug-likeness (QED) is 0.783. The number of imidazole rings is 1. The number of rotatable bonds is 3. The topological polar surface area (TPSA) is 38.0 Å². The minimum Gasteiger partial charge on any atom is -0.388 e. The molecule has 0 aliphatic rings. The average molecular weight is 258 g/mol. The number of aryl methyl sites for hydroxylation is 1. The summed E-state index contributed by atoms with van der Waals surface area (Å²) < 4.78 is 2.06. The van der Waals surface area contributed by atoms with Gasteiger partial charge in [0.05, 0.1) is 11.0 Å². The molecule has 4 heteroatoms. The highest BCUT2D eigenvalue weighted by atomic mass is 32.1. The molecule has 1 aromatic carbocycles. The lowest BCUT2D eigenvalue weighted by atomic mass is 10.1. The molecule has 0 amide bonds. The molecule has 0 aliphatic carbocycles. The van der Waals surface area contributed by atoms with Crippen LogP contribution >= 0.6 is 11.3 Å². The van der Waals surface area contributed by atoms with Crippen LogP contribution in [0.3, 0.4) is 0 Å². The largest absolute Gasteiger partial charge is 0.388 e. The standard InChI is InChI=1S/C14H14N2OS/c1-2-16-13-7-10(11-5-6-18-9-11)3-4-12(13)15-14(16)8-17/h3-7,9,17H,2,8H2,1H3. The molecule has 0 spiro atoms. The zero-order chi connectivity index (χ0) is 12.5. The Kier molecular flexibility index (Phi) is 2.89. The van der Waals surface area contributed by atoms with E-state index in [1.807, 2.05) is 6.07 Å². The molecule has 92 valence electrons. The minimum absolute atomic E-state index is 0.0176. The number of benzene rings is 1. The normalized spacial score (nSPS) is 11.2. The van der Waals surface area contributed by atoms with Crippen LogP contribution in [0.15, 0.2) is 35.0 Å². The van der Waals surface area contributed by atoms with E-state index in [0.717, 1.165) is 23.4 Å². The van der Waals surface area contributed by atoms with Crippen molar-refractivity contribution in [1.29, 1.82) is 0 Å². The fourth-order valence-corrected chi connectivity index (χ4v) is 2.92. The van der Waals surface area contributed by atoms with Crippen LogP contribution in [-0.2, 0) is 13.2 Å². The predicted octanol–water partition coefficient (Wildman–Crippen LogP) is 3.28. The van der Waals surface area contributed by atoms with E-state index in [9.17, 15) is 5.11 Å². The van der Waals surface area contributed by atoms with E-state index in [4.69, 9.17) is 0 Å². The first kappa shape index (κ1) is 11.4. The first-order valence-corrected chi connectivity index (χ1v) is 6.90. The van der Waals surface area contributed by atoms with E-state index >= 15 is 0 Å². The van der Waals surface area contributed by atoms with E-state index in [0.29, 0.717) is 0 Å². The molecule has 3 aromatic rings. The number of fused-ring (bicyclic) bond motifs is 1. The van der Waals surface area contributed by atoms with Gasteiger partial charge in [0.2, 0.25) is 0 Å². The Balaban J connectivity index is 2.22. The van der Waals surface area contributed by atoms with E-state index in [-0.39, 0.29) is 6.61 Å². The summed E-state index contributed by atoms with van der Waals surface area (Å²) in [5, 5.41) is 13.5. The van der Waals surface area contributed by atoms with Crippen molar-refractivity contribution >= 4 is 22.4 Å². The summed E-state index contributed by atoms with van der Waals surface area (Å²) in [5.74, 6) is 0.731. The molecule has 0 saturated heterocycles. The maximum absolute atomic E-state index is 9.32. The lowest BCUT2D eigenvalue weighted by molar-refractivity contribution is 0.266. The Morgan fingerprint density at radius 3 is 2.83 bits per heavy atom. The molecule has 1 N–H and O–H groups in total. The fourth-order valence-electron chi connectivity index (χ4n) is 2.25. The lowest BCUT2D eigenvalue weighted by Gasteiger charge is -2.04. The lowest BCUT2D eigenvalue weighted by Crippen LogP contribution is -2.00. The summed E-state index contributed by atoms with van der Waals surface area (Å²) in [7, 11) is 0. The van der Waals surface area contributed by atoms with E-state index in [2.05, 4.69) is 45.4 Å². The second-order valence-corrected chi connectivity index (χ2v) is 4.93. The number of aliphatic hydroxyl groups is 1. The number of aliphatic hydroxyl groups excluding tert-OH is 1. The number of hydrogen-bond donors (Lipinski definition) is 1. The van der Waals surface area contributed by atoms with E-state index in [1.54, 1.807) is 11.3 Å². The van der Waals surface area contributed by atoms with Crippen molar-refractivity contribution in [2.75, 3.05) is 0 Å². The molecule has 0 aliphatic heterocycles. The van der Waals surface area contributed by atoms with E-state index in [1.165, 1.54) is 11.1 Å². The monoisotopic (exact) mass is 258 g/mol. The van der Waals surface area contributed by atoms with Gasteiger partial charge in [-0.1, -0.05) is 6.07 Å². The SMILES string of the molecule is CCn1c(CO)nc2ccc(-c3ccsc3)cc21. The van der Waals surface area contributed by atoms with Crippen LogP contribution < -0.4 is 0 Å². The number of aromatic nitrogens is 2. The van der Waals surface area contributed by atoms with Gasteiger partial charge >= 0.3 is 0 Å². The average Bonchev–Trinajstić information content (AvgIpc) is 3.04. The van der Waals surface area contributed by atoms with Gasteiger partial charge in [-0.2, -0.15) is 11.3 Å². The van der Waals surface area contributed by atoms with Crippen LogP contribution in [0.2, 0.25) is 0 Å². The highest BCUT2D eigenvalue weighted by Gasteiger charge is 2.09. The molecular weight excluding hydrogens is 244 g/mol. The highest BCUT2D eigenvalue weighted by Crippen LogP contribution is 2.26. The third-order valence-corrected chi connectivity index (χ3v) is 3.82. The first-order valence-electron chi connectivity index (χ1n) is 5.96. The summed E-state index contributed by atoms with van der Waals surface area (Å²) >= 11 is 1.70. The minimum atomic E-state index is -0.0176. The fraction of sp³-hybridized carbons (Fsp3) is 0.214. The molecule has 0 bridgehead atoms. The Labute approximate surface area is 109 Å². The van der Waals surface area contributed by atoms with Crippen molar-refractivity contribution in [2.24, 2.45) is 0 Å². The van der Waals surface area contributed by atoms with Crippen LogP contribution in [0.25, 0.3) is 22.2 Å². The molecule has 3 nitrogen and oxygen atoms in total. The Morgan fingerprint density at radius 2 is 2.17 bits per heavy atom. The van der Waals surface area contributed by atoms with Gasteiger partial charge in [0, 0.05) is 6.54 Å². The summed E-state index contributed by atoms with van der Waals surface area (Å²) in [4.78, 5) is 4.44. The molecule has 0 radical (unpaired) electrons. The van der Waals surface area contributed by atoms with E-state index < -0.39 is 0 Å². The highest BCUT2D eigenvalue weighted by molar-refractivity contribution is 7.08. The van der Waals surface area contributed by atoms with Crippen LogP contribution in [0.4, 0.5) is 0 Å². The van der Waals surface area contributed by atoms with Crippen LogP contribution in [-0.4, -0.2) is 14.7 Å². The molecular formula is C14H14N2OS. The number of nitrogens with zero attached hydrogens (tertiary/aromatic N) is 2. The first-order chi connectivity index (χ1) is 8.83. The van der Waals surface area contributed by atoms with Gasteiger partial charge in [0.15, 0.2) is 0 Å². The second kappa shape index (κ2) is 4.55. The zero-order valence-electron chi connectivity index (χ0n) is 10.1. The molecule has 0 atom stereocenters. The van der Waals surface area contributed by atoms with Gasteiger partial charge in [-0.05, 0) is 47.0 Å². The van der Waals surface area contributed by atoms with Crippen molar-refractivity contribution in [3.05, 3.63) is 40.8 Å². The molecule has 0 fully saturated rings. The number of hydrogen-bond acceptors (Lipinski definition) is 3. The summed E-state index contributed by atoms with van der Waals surface area (Å²) in [6.07, 6.45) is 0. The van der Waals surface area contributed by atoms with Crippen molar-refractivity contribution in [3.63, 3.8) is 0 Å². The Bertz CT molecular complexity index is 670. The number of thiophene rings is 1. The van der Waals surface area contributed by atoms with Crippen LogP contribution in [0, 0.1) is 0 Å². The zero-order valence-corrected chi connectivity index (χ0v) is 10.9. The molecule has 0 unspecified atom stereocenters. The maximum atomic E-state index is 9.32. The summed E-state index contributed by atoms with van der Waals surface area (Å²) in [6, 6.07) is 8.37. The van der Waals surface area contributed by atoms with Gasteiger partial charge in [0.1, 0.15) is 12.4 Å². The van der Waals surface area contributed by atoms with Crippen molar-refractivity contribution in [2.45, 2.75) is 20.1 Å². The predicted molar refractivity (Wildman–Crippen MR) is 74.6 cm³/mol. The molecule has 3 rings (SSSR count). The van der Waals surface area contributed by atoms with Gasteiger partial charge in [-0.15, -0.1) is 0 Å². The molecule has 2 heterocycles. The van der Waals surface area contributed by atoms with Gasteiger partial charge < -0.3 is 9.67 Å². The molecule has 2 aromatic heterocycles.